The first-order chi connectivity index (χ1) is 13.3. The number of nitrogens with two attached hydrogens (primary N) is 1. The maximum absolute atomic E-state index is 13.3. The fourth-order valence-corrected chi connectivity index (χ4v) is 9.10. The number of primary amides is 1. The van der Waals surface area contributed by atoms with E-state index in [-0.39, 0.29) is 33.6 Å². The maximum Gasteiger partial charge on any atom is 0.220 e. The van der Waals surface area contributed by atoms with Crippen LogP contribution in [0.25, 0.3) is 0 Å². The number of hydrogen-bond donors (Lipinski definition) is 1. The van der Waals surface area contributed by atoms with Crippen LogP contribution in [-0.2, 0) is 29.9 Å². The van der Waals surface area contributed by atoms with Gasteiger partial charge in [0.1, 0.15) is 0 Å². The first-order valence-electron chi connectivity index (χ1n) is 9.89. The van der Waals surface area contributed by atoms with E-state index >= 15 is 0 Å². The summed E-state index contributed by atoms with van der Waals surface area (Å²) >= 11 is 0. The summed E-state index contributed by atoms with van der Waals surface area (Å²) in [5.41, 5.74) is 6.28. The third-order valence-corrected chi connectivity index (χ3v) is 10.3. The Balaban J connectivity index is 1.87. The summed E-state index contributed by atoms with van der Waals surface area (Å²) in [7, 11) is -7.27. The predicted octanol–water partition coefficient (Wildman–Crippen LogP) is 1.12. The molecular weight excluding hydrogens is 412 g/mol. The summed E-state index contributed by atoms with van der Waals surface area (Å²) in [5.74, 6) is -1.12. The van der Waals surface area contributed by atoms with Crippen molar-refractivity contribution in [2.24, 2.45) is 11.7 Å². The Hall–Kier alpha value is -1.45. The first kappa shape index (κ1) is 22.2. The monoisotopic (exact) mass is 442 g/mol. The summed E-state index contributed by atoms with van der Waals surface area (Å²) in [6, 6.07) is 6.16. The molecule has 0 radical (unpaired) electrons. The molecule has 0 spiro atoms. The lowest BCUT2D eigenvalue weighted by molar-refractivity contribution is -0.123. The number of sulfone groups is 2. The van der Waals surface area contributed by atoms with E-state index in [2.05, 4.69) is 0 Å². The molecule has 0 aromatic heterocycles. The fraction of sp³-hybridized carbons (Fsp3) is 0.650. The van der Waals surface area contributed by atoms with Gasteiger partial charge in [-0.2, -0.15) is 0 Å². The number of rotatable bonds is 4. The van der Waals surface area contributed by atoms with Crippen molar-refractivity contribution in [3.05, 3.63) is 29.8 Å². The highest BCUT2D eigenvalue weighted by molar-refractivity contribution is 7.96. The minimum Gasteiger partial charge on any atom is -0.369 e. The molecule has 2 saturated heterocycles. The van der Waals surface area contributed by atoms with Crippen LogP contribution in [0.2, 0.25) is 0 Å². The molecule has 2 atom stereocenters. The molecule has 0 unspecified atom stereocenters. The molecule has 7 nitrogen and oxygen atoms in total. The van der Waals surface area contributed by atoms with Crippen molar-refractivity contribution < 1.29 is 21.6 Å². The van der Waals surface area contributed by atoms with Gasteiger partial charge in [0.15, 0.2) is 19.7 Å². The molecule has 162 valence electrons. The molecule has 2 aliphatic heterocycles. The number of carbonyl (C=O) groups excluding carboxylic acids is 1. The molecule has 3 rings (SSSR count). The highest BCUT2D eigenvalue weighted by Gasteiger charge is 2.48. The highest BCUT2D eigenvalue weighted by Crippen LogP contribution is 2.32. The summed E-state index contributed by atoms with van der Waals surface area (Å²) in [6.07, 6.45) is 1.05. The van der Waals surface area contributed by atoms with Gasteiger partial charge in [0.05, 0.1) is 21.7 Å². The molecule has 1 aromatic rings. The van der Waals surface area contributed by atoms with Crippen molar-refractivity contribution in [3.63, 3.8) is 0 Å². The minimum absolute atomic E-state index is 0.105. The normalized spacial score (nSPS) is 26.4. The third-order valence-electron chi connectivity index (χ3n) is 6.12. The van der Waals surface area contributed by atoms with Gasteiger partial charge in [-0.3, -0.25) is 9.69 Å². The number of hydrogen-bond acceptors (Lipinski definition) is 6. The molecule has 0 saturated carbocycles. The Bertz CT molecular complexity index is 971. The zero-order chi connectivity index (χ0) is 21.6. The summed E-state index contributed by atoms with van der Waals surface area (Å²) in [4.78, 5) is 13.5. The van der Waals surface area contributed by atoms with E-state index in [4.69, 9.17) is 5.73 Å². The SMILES string of the molecule is CC(C)(C)c1ccc(S(=O)(=O)[C@H]2CS(=O)(=O)C[C@H]2N2CCC(C(N)=O)CC2)cc1. The van der Waals surface area contributed by atoms with Gasteiger partial charge in [-0.15, -0.1) is 0 Å². The van der Waals surface area contributed by atoms with Gasteiger partial charge in [-0.1, -0.05) is 32.9 Å². The summed E-state index contributed by atoms with van der Waals surface area (Å²) in [5, 5.41) is -1.00. The lowest BCUT2D eigenvalue weighted by Crippen LogP contribution is -2.50. The Morgan fingerprint density at radius 1 is 1.07 bits per heavy atom. The van der Waals surface area contributed by atoms with Gasteiger partial charge in [0.2, 0.25) is 5.91 Å². The van der Waals surface area contributed by atoms with Crippen molar-refractivity contribution in [1.29, 1.82) is 0 Å². The molecule has 9 heteroatoms. The molecule has 0 aliphatic carbocycles. The van der Waals surface area contributed by atoms with Crippen molar-refractivity contribution in [3.8, 4) is 0 Å². The highest BCUT2D eigenvalue weighted by atomic mass is 32.2. The van der Waals surface area contributed by atoms with Crippen LogP contribution in [0.4, 0.5) is 0 Å². The lowest BCUT2D eigenvalue weighted by atomic mass is 9.87. The summed E-state index contributed by atoms with van der Waals surface area (Å²) in [6.45, 7) is 7.09. The van der Waals surface area contributed by atoms with E-state index in [1.54, 1.807) is 24.3 Å². The second-order valence-corrected chi connectivity index (χ2v) is 13.5. The number of carbonyl (C=O) groups is 1. The van der Waals surface area contributed by atoms with E-state index in [9.17, 15) is 21.6 Å². The molecule has 1 amide bonds. The maximum atomic E-state index is 13.3. The van der Waals surface area contributed by atoms with Crippen molar-refractivity contribution in [2.75, 3.05) is 24.6 Å². The van der Waals surface area contributed by atoms with Crippen molar-refractivity contribution in [1.82, 2.24) is 4.90 Å². The largest absolute Gasteiger partial charge is 0.369 e. The Labute approximate surface area is 173 Å². The predicted molar refractivity (Wildman–Crippen MR) is 112 cm³/mol. The minimum atomic E-state index is -3.81. The van der Waals surface area contributed by atoms with Crippen LogP contribution < -0.4 is 5.73 Å². The van der Waals surface area contributed by atoms with E-state index in [0.29, 0.717) is 25.9 Å². The Kier molecular flexibility index (Phi) is 5.88. The first-order valence-corrected chi connectivity index (χ1v) is 13.3. The number of likely N-dealkylation sites (tertiary alicyclic amines) is 1. The molecule has 2 heterocycles. The van der Waals surface area contributed by atoms with Gasteiger partial charge >= 0.3 is 0 Å². The quantitative estimate of drug-likeness (QED) is 0.747. The van der Waals surface area contributed by atoms with Gasteiger partial charge in [-0.05, 0) is 49.0 Å². The smallest absolute Gasteiger partial charge is 0.220 e. The standard InChI is InChI=1S/C20H30N2O5S2/c1-20(2,3)15-4-6-16(7-5-15)29(26,27)18-13-28(24,25)12-17(18)22-10-8-14(9-11-22)19(21)23/h4-7,14,17-18H,8-13H2,1-3H3,(H2,21,23)/t17-,18+/m1/s1. The topological polar surface area (TPSA) is 115 Å². The molecule has 1 aromatic carbocycles. The molecule has 2 fully saturated rings. The Morgan fingerprint density at radius 2 is 1.62 bits per heavy atom. The third kappa shape index (κ3) is 4.67. The number of amides is 1. The average Bonchev–Trinajstić information content (AvgIpc) is 2.97. The lowest BCUT2D eigenvalue weighted by Gasteiger charge is -2.36. The van der Waals surface area contributed by atoms with Crippen LogP contribution >= 0.6 is 0 Å². The van der Waals surface area contributed by atoms with Crippen LogP contribution in [0.1, 0.15) is 39.2 Å². The number of benzene rings is 1. The zero-order valence-electron chi connectivity index (χ0n) is 17.2. The van der Waals surface area contributed by atoms with E-state index in [1.165, 1.54) is 0 Å². The molecule has 0 bridgehead atoms. The summed E-state index contributed by atoms with van der Waals surface area (Å²) < 4.78 is 51.4. The van der Waals surface area contributed by atoms with Crippen LogP contribution in [0.5, 0.6) is 0 Å². The van der Waals surface area contributed by atoms with E-state index < -0.39 is 31.0 Å². The van der Waals surface area contributed by atoms with Gasteiger partial charge in [0.25, 0.3) is 0 Å². The van der Waals surface area contributed by atoms with Gasteiger partial charge in [-0.25, -0.2) is 16.8 Å². The Morgan fingerprint density at radius 3 is 2.10 bits per heavy atom. The van der Waals surface area contributed by atoms with Gasteiger partial charge < -0.3 is 5.73 Å². The second-order valence-electron chi connectivity index (χ2n) is 9.21. The molecular formula is C20H30N2O5S2. The molecule has 29 heavy (non-hydrogen) atoms. The van der Waals surface area contributed by atoms with E-state index in [0.717, 1.165) is 5.56 Å². The van der Waals surface area contributed by atoms with Gasteiger partial charge in [0, 0.05) is 12.0 Å². The van der Waals surface area contributed by atoms with Crippen molar-refractivity contribution in [2.45, 2.75) is 55.2 Å². The molecule has 2 N–H and O–H groups in total. The zero-order valence-corrected chi connectivity index (χ0v) is 18.8. The van der Waals surface area contributed by atoms with Crippen LogP contribution in [0.15, 0.2) is 29.2 Å². The number of piperidine rings is 1. The average molecular weight is 443 g/mol. The van der Waals surface area contributed by atoms with Crippen molar-refractivity contribution >= 4 is 25.6 Å². The number of nitrogens with zero attached hydrogens (tertiary/aromatic N) is 1. The van der Waals surface area contributed by atoms with Crippen LogP contribution in [-0.4, -0.2) is 63.5 Å². The van der Waals surface area contributed by atoms with E-state index in [1.807, 2.05) is 25.7 Å². The fourth-order valence-electron chi connectivity index (χ4n) is 4.27. The van der Waals surface area contributed by atoms with Crippen LogP contribution in [0, 0.1) is 5.92 Å². The second kappa shape index (κ2) is 7.67. The molecule has 2 aliphatic rings. The van der Waals surface area contributed by atoms with Crippen LogP contribution in [0.3, 0.4) is 0 Å².